The minimum absolute atomic E-state index is 0.523. The molecule has 0 amide bonds. The quantitative estimate of drug-likeness (QED) is 0.809. The van der Waals surface area contributed by atoms with Crippen molar-refractivity contribution in [2.45, 2.75) is 13.5 Å². The Morgan fingerprint density at radius 2 is 1.74 bits per heavy atom. The minimum Gasteiger partial charge on any atom is -0.423 e. The molecule has 3 nitrogen and oxygen atoms in total. The zero-order valence-corrected chi connectivity index (χ0v) is 11.2. The van der Waals surface area contributed by atoms with Gasteiger partial charge in [-0.05, 0) is 30.1 Å². The Kier molecular flexibility index (Phi) is 4.25. The van der Waals surface area contributed by atoms with Gasteiger partial charge in [-0.25, -0.2) is 0 Å². The highest BCUT2D eigenvalue weighted by molar-refractivity contribution is 6.58. The zero-order chi connectivity index (χ0) is 13.8. The summed E-state index contributed by atoms with van der Waals surface area (Å²) in [6, 6.07) is 15.7. The first kappa shape index (κ1) is 13.7. The molecule has 0 unspecified atom stereocenters. The van der Waals surface area contributed by atoms with Crippen LogP contribution in [-0.2, 0) is 6.54 Å². The molecule has 19 heavy (non-hydrogen) atoms. The van der Waals surface area contributed by atoms with Crippen molar-refractivity contribution in [2.75, 3.05) is 11.9 Å². The molecule has 0 aliphatic rings. The largest absolute Gasteiger partial charge is 0.488 e. The van der Waals surface area contributed by atoms with E-state index in [1.807, 2.05) is 25.2 Å². The molecular weight excluding hydrogens is 237 g/mol. The van der Waals surface area contributed by atoms with Crippen LogP contribution in [0.3, 0.4) is 0 Å². The van der Waals surface area contributed by atoms with E-state index >= 15 is 0 Å². The fourth-order valence-electron chi connectivity index (χ4n) is 2.02. The third-order valence-corrected chi connectivity index (χ3v) is 3.14. The van der Waals surface area contributed by atoms with Gasteiger partial charge < -0.3 is 14.9 Å². The number of benzene rings is 2. The topological polar surface area (TPSA) is 43.7 Å². The van der Waals surface area contributed by atoms with Crippen LogP contribution in [0.25, 0.3) is 0 Å². The van der Waals surface area contributed by atoms with E-state index in [9.17, 15) is 10.0 Å². The van der Waals surface area contributed by atoms with Crippen molar-refractivity contribution in [3.05, 3.63) is 59.7 Å². The lowest BCUT2D eigenvalue weighted by atomic mass is 9.79. The highest BCUT2D eigenvalue weighted by Gasteiger charge is 2.11. The monoisotopic (exact) mass is 255 g/mol. The Hall–Kier alpha value is -1.78. The summed E-state index contributed by atoms with van der Waals surface area (Å²) < 4.78 is 0. The summed E-state index contributed by atoms with van der Waals surface area (Å²) >= 11 is 0. The maximum Gasteiger partial charge on any atom is 0.488 e. The molecule has 2 rings (SSSR count). The minimum atomic E-state index is -1.41. The van der Waals surface area contributed by atoms with E-state index in [2.05, 4.69) is 36.1 Å². The Morgan fingerprint density at radius 3 is 2.37 bits per heavy atom. The normalized spacial score (nSPS) is 10.3. The fourth-order valence-corrected chi connectivity index (χ4v) is 2.02. The van der Waals surface area contributed by atoms with E-state index < -0.39 is 7.12 Å². The molecule has 0 saturated heterocycles. The maximum atomic E-state index is 9.17. The van der Waals surface area contributed by atoms with Gasteiger partial charge in [0.2, 0.25) is 0 Å². The first-order valence-corrected chi connectivity index (χ1v) is 6.29. The molecule has 2 aromatic carbocycles. The summed E-state index contributed by atoms with van der Waals surface area (Å²) in [5.74, 6) is 0. The molecule has 2 N–H and O–H groups in total. The Balaban J connectivity index is 2.12. The van der Waals surface area contributed by atoms with Crippen molar-refractivity contribution in [3.63, 3.8) is 0 Å². The van der Waals surface area contributed by atoms with Crippen LogP contribution in [0.15, 0.2) is 48.5 Å². The lowest BCUT2D eigenvalue weighted by Crippen LogP contribution is -2.30. The number of hydrogen-bond donors (Lipinski definition) is 2. The number of nitrogens with zero attached hydrogens (tertiary/aromatic N) is 1. The molecule has 98 valence electrons. The van der Waals surface area contributed by atoms with Crippen LogP contribution < -0.4 is 10.4 Å². The molecule has 2 aromatic rings. The van der Waals surface area contributed by atoms with Gasteiger partial charge in [0.1, 0.15) is 0 Å². The van der Waals surface area contributed by atoms with Crippen molar-refractivity contribution in [3.8, 4) is 0 Å². The molecule has 0 spiro atoms. The van der Waals surface area contributed by atoms with Gasteiger partial charge in [-0.15, -0.1) is 0 Å². The molecule has 0 fully saturated rings. The van der Waals surface area contributed by atoms with Gasteiger partial charge in [-0.2, -0.15) is 0 Å². The number of anilines is 1. The van der Waals surface area contributed by atoms with Crippen LogP contribution in [-0.4, -0.2) is 24.2 Å². The second-order valence-corrected chi connectivity index (χ2v) is 4.81. The summed E-state index contributed by atoms with van der Waals surface area (Å²) in [4.78, 5) is 2.13. The van der Waals surface area contributed by atoms with Crippen LogP contribution in [0, 0.1) is 6.92 Å². The molecule has 0 aliphatic heterocycles. The van der Waals surface area contributed by atoms with Crippen LogP contribution in [0.4, 0.5) is 5.69 Å². The van der Waals surface area contributed by atoms with Crippen molar-refractivity contribution in [1.82, 2.24) is 0 Å². The second-order valence-electron chi connectivity index (χ2n) is 4.81. The number of aryl methyl sites for hydroxylation is 1. The highest BCUT2D eigenvalue weighted by Crippen LogP contribution is 2.15. The highest BCUT2D eigenvalue weighted by atomic mass is 16.4. The molecular formula is C15H18BNO2. The van der Waals surface area contributed by atoms with Gasteiger partial charge in [0.05, 0.1) is 0 Å². The third kappa shape index (κ3) is 3.59. The molecule has 4 heteroatoms. The lowest BCUT2D eigenvalue weighted by molar-refractivity contribution is 0.425. The average Bonchev–Trinajstić information content (AvgIpc) is 2.39. The van der Waals surface area contributed by atoms with E-state index in [-0.39, 0.29) is 0 Å². The van der Waals surface area contributed by atoms with E-state index in [1.165, 1.54) is 5.56 Å². The van der Waals surface area contributed by atoms with E-state index in [0.717, 1.165) is 17.8 Å². The van der Waals surface area contributed by atoms with Gasteiger partial charge in [0.25, 0.3) is 0 Å². The second kappa shape index (κ2) is 5.91. The molecule has 0 heterocycles. The number of hydrogen-bond acceptors (Lipinski definition) is 3. The van der Waals surface area contributed by atoms with Gasteiger partial charge in [-0.1, -0.05) is 42.0 Å². The van der Waals surface area contributed by atoms with Crippen molar-refractivity contribution >= 4 is 18.3 Å². The third-order valence-electron chi connectivity index (χ3n) is 3.14. The lowest BCUT2D eigenvalue weighted by Gasteiger charge is -2.20. The number of rotatable bonds is 4. The van der Waals surface area contributed by atoms with Crippen molar-refractivity contribution in [1.29, 1.82) is 0 Å². The fraction of sp³-hybridized carbons (Fsp3) is 0.200. The molecule has 0 aliphatic carbocycles. The first-order chi connectivity index (χ1) is 9.06. The van der Waals surface area contributed by atoms with Gasteiger partial charge in [0, 0.05) is 19.3 Å². The summed E-state index contributed by atoms with van der Waals surface area (Å²) in [5, 5.41) is 18.3. The Labute approximate surface area is 114 Å². The SMILES string of the molecule is Cc1ccc(N(C)Cc2cccc(B(O)O)c2)cc1. The molecule has 0 radical (unpaired) electrons. The summed E-state index contributed by atoms with van der Waals surface area (Å²) in [6.07, 6.45) is 0. The average molecular weight is 255 g/mol. The first-order valence-electron chi connectivity index (χ1n) is 6.29. The van der Waals surface area contributed by atoms with E-state index in [4.69, 9.17) is 0 Å². The predicted octanol–water partition coefficient (Wildman–Crippen LogP) is 1.31. The summed E-state index contributed by atoms with van der Waals surface area (Å²) in [5.41, 5.74) is 3.95. The van der Waals surface area contributed by atoms with Gasteiger partial charge in [0.15, 0.2) is 0 Å². The predicted molar refractivity (Wildman–Crippen MR) is 79.6 cm³/mol. The maximum absolute atomic E-state index is 9.17. The molecule has 0 bridgehead atoms. The molecule has 0 atom stereocenters. The van der Waals surface area contributed by atoms with Crippen molar-refractivity contribution in [2.24, 2.45) is 0 Å². The summed E-state index contributed by atoms with van der Waals surface area (Å²) in [7, 11) is 0.608. The van der Waals surface area contributed by atoms with Crippen LogP contribution in [0.2, 0.25) is 0 Å². The molecule has 0 aromatic heterocycles. The standard InChI is InChI=1S/C15H18BNO2/c1-12-6-8-15(9-7-12)17(2)11-13-4-3-5-14(10-13)16(18)19/h3-10,18-19H,11H2,1-2H3. The van der Waals surface area contributed by atoms with E-state index in [0.29, 0.717) is 5.46 Å². The van der Waals surface area contributed by atoms with E-state index in [1.54, 1.807) is 6.07 Å². The summed E-state index contributed by atoms with van der Waals surface area (Å²) in [6.45, 7) is 2.79. The van der Waals surface area contributed by atoms with Crippen LogP contribution >= 0.6 is 0 Å². The molecule has 0 saturated carbocycles. The van der Waals surface area contributed by atoms with Gasteiger partial charge in [-0.3, -0.25) is 0 Å². The smallest absolute Gasteiger partial charge is 0.423 e. The van der Waals surface area contributed by atoms with Crippen LogP contribution in [0.5, 0.6) is 0 Å². The van der Waals surface area contributed by atoms with Gasteiger partial charge >= 0.3 is 7.12 Å². The Bertz CT molecular complexity index is 540. The van der Waals surface area contributed by atoms with Crippen LogP contribution in [0.1, 0.15) is 11.1 Å². The zero-order valence-electron chi connectivity index (χ0n) is 11.2. The Morgan fingerprint density at radius 1 is 1.05 bits per heavy atom. The van der Waals surface area contributed by atoms with Crippen molar-refractivity contribution < 1.29 is 10.0 Å².